The average molecular weight is 412 g/mol. The molecule has 2 rings (SSSR count). The maximum atomic E-state index is 12.0. The topological polar surface area (TPSA) is 61.9 Å². The van der Waals surface area contributed by atoms with Crippen LogP contribution in [0.4, 0.5) is 10.5 Å². The van der Waals surface area contributed by atoms with Crippen LogP contribution in [-0.2, 0) is 9.53 Å². The molecule has 0 atom stereocenters. The molecule has 0 spiro atoms. The first-order chi connectivity index (χ1) is 11.7. The summed E-state index contributed by atoms with van der Waals surface area (Å²) in [5.74, 6) is -0.00288. The molecule has 1 aliphatic heterocycles. The molecule has 1 heterocycles. The summed E-state index contributed by atoms with van der Waals surface area (Å²) in [7, 11) is 0. The summed E-state index contributed by atoms with van der Waals surface area (Å²) in [5.41, 5.74) is 0.322. The highest BCUT2D eigenvalue weighted by atomic mass is 79.9. The standard InChI is InChI=1S/C18H26BrN3O3/c1-18(2,3)25-17(24)22-12-10-21(11-13-22)9-8-16(23)20-15-6-4-14(19)5-7-15/h4-7H,8-13H2,1-3H3,(H,20,23). The fraction of sp³-hybridized carbons (Fsp3) is 0.556. The van der Waals surface area contributed by atoms with E-state index in [1.807, 2.05) is 45.0 Å². The lowest BCUT2D eigenvalue weighted by atomic mass is 10.2. The van der Waals surface area contributed by atoms with Crippen LogP contribution in [0.25, 0.3) is 0 Å². The smallest absolute Gasteiger partial charge is 0.410 e. The third-order valence-electron chi connectivity index (χ3n) is 3.81. The number of nitrogens with zero attached hydrogens (tertiary/aromatic N) is 2. The Bertz CT molecular complexity index is 591. The first kappa shape index (κ1) is 19.7. The molecule has 138 valence electrons. The number of ether oxygens (including phenoxy) is 1. The van der Waals surface area contributed by atoms with Crippen molar-refractivity contribution < 1.29 is 14.3 Å². The van der Waals surface area contributed by atoms with Gasteiger partial charge in [-0.1, -0.05) is 15.9 Å². The van der Waals surface area contributed by atoms with E-state index in [0.29, 0.717) is 26.1 Å². The molecule has 0 bridgehead atoms. The molecule has 1 aliphatic rings. The second-order valence-corrected chi connectivity index (χ2v) is 8.03. The Balaban J connectivity index is 1.69. The average Bonchev–Trinajstić information content (AvgIpc) is 2.54. The van der Waals surface area contributed by atoms with Gasteiger partial charge < -0.3 is 15.0 Å². The lowest BCUT2D eigenvalue weighted by molar-refractivity contribution is -0.116. The van der Waals surface area contributed by atoms with Crippen molar-refractivity contribution in [2.75, 3.05) is 38.0 Å². The molecule has 7 heteroatoms. The van der Waals surface area contributed by atoms with Gasteiger partial charge in [0.15, 0.2) is 0 Å². The normalized spacial score (nSPS) is 15.8. The van der Waals surface area contributed by atoms with Gasteiger partial charge in [0.05, 0.1) is 0 Å². The summed E-state index contributed by atoms with van der Waals surface area (Å²) >= 11 is 3.37. The monoisotopic (exact) mass is 411 g/mol. The van der Waals surface area contributed by atoms with E-state index in [1.165, 1.54) is 0 Å². The van der Waals surface area contributed by atoms with Gasteiger partial charge in [0.1, 0.15) is 5.60 Å². The third kappa shape index (κ3) is 7.04. The zero-order valence-electron chi connectivity index (χ0n) is 15.0. The van der Waals surface area contributed by atoms with E-state index >= 15 is 0 Å². The first-order valence-electron chi connectivity index (χ1n) is 8.49. The molecular weight excluding hydrogens is 386 g/mol. The number of hydrogen-bond acceptors (Lipinski definition) is 4. The second kappa shape index (κ2) is 8.67. The molecule has 0 unspecified atom stereocenters. The van der Waals surface area contributed by atoms with Crippen molar-refractivity contribution in [1.82, 2.24) is 9.80 Å². The molecule has 0 aliphatic carbocycles. The van der Waals surface area contributed by atoms with E-state index in [0.717, 1.165) is 23.2 Å². The number of anilines is 1. The van der Waals surface area contributed by atoms with Crippen LogP contribution in [0.1, 0.15) is 27.2 Å². The minimum absolute atomic E-state index is 0.00288. The highest BCUT2D eigenvalue weighted by molar-refractivity contribution is 9.10. The van der Waals surface area contributed by atoms with Gasteiger partial charge in [-0.3, -0.25) is 9.69 Å². The van der Waals surface area contributed by atoms with E-state index in [2.05, 4.69) is 26.1 Å². The summed E-state index contributed by atoms with van der Waals surface area (Å²) in [6, 6.07) is 7.51. The number of carbonyl (C=O) groups is 2. The van der Waals surface area contributed by atoms with E-state index in [-0.39, 0.29) is 12.0 Å². The van der Waals surface area contributed by atoms with Gasteiger partial charge >= 0.3 is 6.09 Å². The predicted octanol–water partition coefficient (Wildman–Crippen LogP) is 3.33. The minimum Gasteiger partial charge on any atom is -0.444 e. The van der Waals surface area contributed by atoms with E-state index in [1.54, 1.807) is 4.90 Å². The number of carbonyl (C=O) groups excluding carboxylic acids is 2. The third-order valence-corrected chi connectivity index (χ3v) is 4.34. The van der Waals surface area contributed by atoms with Crippen LogP contribution in [0.2, 0.25) is 0 Å². The van der Waals surface area contributed by atoms with Crippen molar-refractivity contribution in [2.24, 2.45) is 0 Å². The van der Waals surface area contributed by atoms with E-state index in [4.69, 9.17) is 4.74 Å². The van der Waals surface area contributed by atoms with E-state index < -0.39 is 5.60 Å². The summed E-state index contributed by atoms with van der Waals surface area (Å²) in [4.78, 5) is 28.0. The number of nitrogens with one attached hydrogen (secondary N) is 1. The summed E-state index contributed by atoms with van der Waals surface area (Å²) in [5, 5.41) is 2.89. The maximum absolute atomic E-state index is 12.0. The van der Waals surface area contributed by atoms with Gasteiger partial charge in [0.25, 0.3) is 0 Å². The van der Waals surface area contributed by atoms with Gasteiger partial charge in [-0.15, -0.1) is 0 Å². The van der Waals surface area contributed by atoms with Crippen molar-refractivity contribution in [3.05, 3.63) is 28.7 Å². The predicted molar refractivity (Wildman–Crippen MR) is 102 cm³/mol. The van der Waals surface area contributed by atoms with Gasteiger partial charge in [0, 0.05) is 49.3 Å². The van der Waals surface area contributed by atoms with Crippen LogP contribution in [0.3, 0.4) is 0 Å². The molecule has 2 amide bonds. The lowest BCUT2D eigenvalue weighted by Crippen LogP contribution is -2.50. The van der Waals surface area contributed by atoms with E-state index in [9.17, 15) is 9.59 Å². The number of halogens is 1. The SMILES string of the molecule is CC(C)(C)OC(=O)N1CCN(CCC(=O)Nc2ccc(Br)cc2)CC1. The Labute approximate surface area is 157 Å². The number of piperazine rings is 1. The van der Waals surface area contributed by atoms with Gasteiger partial charge in [-0.2, -0.15) is 0 Å². The number of benzene rings is 1. The fourth-order valence-corrected chi connectivity index (χ4v) is 2.76. The Morgan fingerprint density at radius 2 is 1.72 bits per heavy atom. The van der Waals surface area contributed by atoms with Gasteiger partial charge in [-0.05, 0) is 45.0 Å². The van der Waals surface area contributed by atoms with Crippen LogP contribution >= 0.6 is 15.9 Å². The number of rotatable bonds is 4. The molecule has 1 aromatic rings. The van der Waals surface area contributed by atoms with Gasteiger partial charge in [0.2, 0.25) is 5.91 Å². The van der Waals surface area contributed by atoms with Gasteiger partial charge in [-0.25, -0.2) is 4.79 Å². The van der Waals surface area contributed by atoms with Crippen molar-refractivity contribution in [2.45, 2.75) is 32.8 Å². The Morgan fingerprint density at radius 3 is 2.28 bits per heavy atom. The van der Waals surface area contributed by atoms with Crippen LogP contribution in [0, 0.1) is 0 Å². The van der Waals surface area contributed by atoms with Crippen LogP contribution in [0.15, 0.2) is 28.7 Å². The van der Waals surface area contributed by atoms with Crippen LogP contribution in [0.5, 0.6) is 0 Å². The molecule has 0 saturated carbocycles. The maximum Gasteiger partial charge on any atom is 0.410 e. The quantitative estimate of drug-likeness (QED) is 0.824. The molecule has 25 heavy (non-hydrogen) atoms. The molecule has 0 aromatic heterocycles. The Kier molecular flexibility index (Phi) is 6.84. The lowest BCUT2D eigenvalue weighted by Gasteiger charge is -2.35. The molecule has 1 fully saturated rings. The van der Waals surface area contributed by atoms with Crippen molar-refractivity contribution in [1.29, 1.82) is 0 Å². The highest BCUT2D eigenvalue weighted by Crippen LogP contribution is 2.15. The highest BCUT2D eigenvalue weighted by Gasteiger charge is 2.25. The van der Waals surface area contributed by atoms with Crippen LogP contribution in [-0.4, -0.2) is 60.1 Å². The molecule has 1 saturated heterocycles. The van der Waals surface area contributed by atoms with Crippen LogP contribution < -0.4 is 5.32 Å². The zero-order valence-corrected chi connectivity index (χ0v) is 16.6. The summed E-state index contributed by atoms with van der Waals surface area (Å²) in [6.07, 6.45) is 0.169. The molecule has 1 aromatic carbocycles. The Hall–Kier alpha value is -1.60. The summed E-state index contributed by atoms with van der Waals surface area (Å²) in [6.45, 7) is 9.05. The first-order valence-corrected chi connectivity index (χ1v) is 9.28. The minimum atomic E-state index is -0.473. The second-order valence-electron chi connectivity index (χ2n) is 7.11. The van der Waals surface area contributed by atoms with Crippen molar-refractivity contribution in [3.63, 3.8) is 0 Å². The largest absolute Gasteiger partial charge is 0.444 e. The fourth-order valence-electron chi connectivity index (χ4n) is 2.50. The number of amides is 2. The van der Waals surface area contributed by atoms with Crippen molar-refractivity contribution >= 4 is 33.6 Å². The number of hydrogen-bond donors (Lipinski definition) is 1. The molecule has 6 nitrogen and oxygen atoms in total. The molecular formula is C18H26BrN3O3. The molecule has 0 radical (unpaired) electrons. The molecule has 1 N–H and O–H groups in total. The summed E-state index contributed by atoms with van der Waals surface area (Å²) < 4.78 is 6.37. The Morgan fingerprint density at radius 1 is 1.12 bits per heavy atom. The van der Waals surface area contributed by atoms with Crippen molar-refractivity contribution in [3.8, 4) is 0 Å². The zero-order chi connectivity index (χ0) is 18.4.